The fraction of sp³-hybridized carbons (Fsp3) is 0.391. The Morgan fingerprint density at radius 3 is 2.70 bits per heavy atom. The molecule has 3 rings (SSSR count). The minimum Gasteiger partial charge on any atom is -0.496 e. The van der Waals surface area contributed by atoms with Gasteiger partial charge in [0.2, 0.25) is 0 Å². The smallest absolute Gasteiger partial charge is 0.308 e. The number of fused-ring (bicyclic) bond motifs is 1. The summed E-state index contributed by atoms with van der Waals surface area (Å²) in [5.74, 6) is 0.620. The number of methoxy groups -OCH3 is 1. The maximum Gasteiger partial charge on any atom is 0.308 e. The lowest BCUT2D eigenvalue weighted by molar-refractivity contribution is -0.145. The summed E-state index contributed by atoms with van der Waals surface area (Å²) in [5.41, 5.74) is 3.65. The van der Waals surface area contributed by atoms with Crippen LogP contribution in [0.2, 0.25) is 5.02 Å². The molecule has 7 heteroatoms. The molecule has 30 heavy (non-hydrogen) atoms. The van der Waals surface area contributed by atoms with E-state index in [1.165, 1.54) is 0 Å². The molecule has 1 heterocycles. The second-order valence-electron chi connectivity index (χ2n) is 7.35. The van der Waals surface area contributed by atoms with Gasteiger partial charge in [-0.1, -0.05) is 49.8 Å². The van der Waals surface area contributed by atoms with Gasteiger partial charge >= 0.3 is 5.97 Å². The Balaban J connectivity index is 2.14. The number of anilines is 1. The first kappa shape index (κ1) is 22.5. The molecular formula is C23H26ClNO4S. The molecule has 0 bridgehead atoms. The van der Waals surface area contributed by atoms with Gasteiger partial charge in [-0.25, -0.2) is 0 Å². The highest BCUT2D eigenvalue weighted by atomic mass is 35.5. The molecule has 1 aliphatic rings. The summed E-state index contributed by atoms with van der Waals surface area (Å²) in [6.45, 7) is 6.29. The highest BCUT2D eigenvalue weighted by molar-refractivity contribution is 7.80. The van der Waals surface area contributed by atoms with Crippen LogP contribution in [-0.4, -0.2) is 30.8 Å². The van der Waals surface area contributed by atoms with Crippen molar-refractivity contribution in [3.63, 3.8) is 0 Å². The summed E-state index contributed by atoms with van der Waals surface area (Å²) >= 11 is 11.9. The van der Waals surface area contributed by atoms with Crippen molar-refractivity contribution in [3.8, 4) is 5.75 Å². The van der Waals surface area contributed by atoms with Crippen LogP contribution < -0.4 is 10.1 Å². The van der Waals surface area contributed by atoms with Gasteiger partial charge in [-0.2, -0.15) is 0 Å². The van der Waals surface area contributed by atoms with Crippen molar-refractivity contribution in [3.05, 3.63) is 58.1 Å². The Morgan fingerprint density at radius 2 is 2.03 bits per heavy atom. The number of rotatable bonds is 6. The van der Waals surface area contributed by atoms with Crippen LogP contribution in [0.4, 0.5) is 5.69 Å². The second kappa shape index (κ2) is 9.77. The monoisotopic (exact) mass is 447 g/mol. The third-order valence-corrected chi connectivity index (χ3v) is 5.58. The maximum absolute atomic E-state index is 12.2. The molecule has 0 saturated carbocycles. The number of thiocarbonyl (C=S) groups is 1. The zero-order valence-corrected chi connectivity index (χ0v) is 19.1. The van der Waals surface area contributed by atoms with Gasteiger partial charge in [0.1, 0.15) is 22.9 Å². The molecule has 0 unspecified atom stereocenters. The van der Waals surface area contributed by atoms with Crippen molar-refractivity contribution in [2.45, 2.75) is 45.3 Å². The van der Waals surface area contributed by atoms with Crippen LogP contribution in [0, 0.1) is 0 Å². The number of esters is 1. The number of carbonyl (C=O) groups excluding carboxylic acids is 1. The summed E-state index contributed by atoms with van der Waals surface area (Å²) in [7, 11) is 1.66. The molecule has 5 nitrogen and oxygen atoms in total. The van der Waals surface area contributed by atoms with E-state index in [9.17, 15) is 4.79 Å². The largest absolute Gasteiger partial charge is 0.496 e. The Labute approximate surface area is 187 Å². The van der Waals surface area contributed by atoms with Gasteiger partial charge in [-0.15, -0.1) is 0 Å². The van der Waals surface area contributed by atoms with E-state index in [-0.39, 0.29) is 18.3 Å². The Morgan fingerprint density at radius 1 is 1.27 bits per heavy atom. The first-order chi connectivity index (χ1) is 14.3. The average Bonchev–Trinajstić information content (AvgIpc) is 2.84. The fourth-order valence-electron chi connectivity index (χ4n) is 3.72. The van der Waals surface area contributed by atoms with Crippen LogP contribution in [0.1, 0.15) is 55.9 Å². The lowest BCUT2D eigenvalue weighted by atomic mass is 9.89. The molecule has 0 radical (unpaired) electrons. The third kappa shape index (κ3) is 4.77. The molecule has 1 N–H and O–H groups in total. The van der Waals surface area contributed by atoms with Crippen LogP contribution in [-0.2, 0) is 14.3 Å². The Bertz CT molecular complexity index is 947. The van der Waals surface area contributed by atoms with Crippen molar-refractivity contribution < 1.29 is 19.0 Å². The van der Waals surface area contributed by atoms with E-state index in [0.29, 0.717) is 16.6 Å². The molecule has 0 spiro atoms. The first-order valence-corrected chi connectivity index (χ1v) is 10.7. The molecule has 0 saturated heterocycles. The second-order valence-corrected chi connectivity index (χ2v) is 8.23. The first-order valence-electron chi connectivity index (χ1n) is 9.93. The quantitative estimate of drug-likeness (QED) is 0.456. The minimum absolute atomic E-state index is 0.0267. The Kier molecular flexibility index (Phi) is 7.34. The highest BCUT2D eigenvalue weighted by Gasteiger charge is 2.33. The minimum atomic E-state index is -0.638. The van der Waals surface area contributed by atoms with Gasteiger partial charge in [-0.05, 0) is 42.7 Å². The number of halogens is 1. The van der Waals surface area contributed by atoms with Crippen LogP contribution in [0.5, 0.6) is 5.75 Å². The maximum atomic E-state index is 12.2. The topological polar surface area (TPSA) is 56.8 Å². The van der Waals surface area contributed by atoms with Crippen molar-refractivity contribution in [1.29, 1.82) is 0 Å². The predicted octanol–water partition coefficient (Wildman–Crippen LogP) is 5.65. The van der Waals surface area contributed by atoms with Crippen molar-refractivity contribution in [2.75, 3.05) is 19.0 Å². The van der Waals surface area contributed by atoms with Crippen molar-refractivity contribution in [2.24, 2.45) is 0 Å². The molecule has 0 fully saturated rings. The van der Waals surface area contributed by atoms with Crippen LogP contribution in [0.25, 0.3) is 0 Å². The number of hydrogen-bond donors (Lipinski definition) is 1. The Hall–Kier alpha value is -2.15. The third-order valence-electron chi connectivity index (χ3n) is 4.98. The van der Waals surface area contributed by atoms with Gasteiger partial charge in [0.05, 0.1) is 20.1 Å². The molecule has 1 aliphatic heterocycles. The molecule has 160 valence electrons. The van der Waals surface area contributed by atoms with Gasteiger partial charge in [-0.3, -0.25) is 4.79 Å². The zero-order valence-electron chi connectivity index (χ0n) is 17.5. The fourth-order valence-corrected chi connectivity index (χ4v) is 4.14. The lowest BCUT2D eigenvalue weighted by Crippen LogP contribution is -2.31. The van der Waals surface area contributed by atoms with E-state index in [1.807, 2.05) is 30.3 Å². The molecule has 2 aromatic rings. The SMILES string of the molecule is CCOC(=O)C[C@H]1O[C@H](c2cccc(OC)c2C(C)C)c2cc(Cl)ccc2NC1=S. The molecule has 0 aromatic heterocycles. The molecule has 2 aromatic carbocycles. The average molecular weight is 448 g/mol. The molecule has 0 amide bonds. The van der Waals surface area contributed by atoms with E-state index in [0.717, 1.165) is 28.1 Å². The number of benzene rings is 2. The summed E-state index contributed by atoms with van der Waals surface area (Å²) < 4.78 is 17.2. The van der Waals surface area contributed by atoms with Crippen molar-refractivity contribution >= 4 is 40.5 Å². The van der Waals surface area contributed by atoms with Gasteiger partial charge in [0, 0.05) is 21.8 Å². The standard InChI is InChI=1S/C23H26ClNO4S/c1-5-28-20(26)12-19-23(30)25-17-10-9-14(24)11-16(17)22(29-19)15-7-6-8-18(27-4)21(15)13(2)3/h6-11,13,19,22H,5,12H2,1-4H3,(H,25,30)/t19-,22-/m1/s1. The molecule has 0 aliphatic carbocycles. The van der Waals surface area contributed by atoms with Crippen LogP contribution in [0.3, 0.4) is 0 Å². The van der Waals surface area contributed by atoms with E-state index in [4.69, 9.17) is 38.0 Å². The van der Waals surface area contributed by atoms with Gasteiger partial charge in [0.25, 0.3) is 0 Å². The molecule has 2 atom stereocenters. The number of carbonyl (C=O) groups is 1. The van der Waals surface area contributed by atoms with E-state index in [2.05, 4.69) is 19.2 Å². The van der Waals surface area contributed by atoms with Crippen molar-refractivity contribution in [1.82, 2.24) is 0 Å². The van der Waals surface area contributed by atoms with Gasteiger partial charge < -0.3 is 19.5 Å². The van der Waals surface area contributed by atoms with Gasteiger partial charge in [0.15, 0.2) is 0 Å². The lowest BCUT2D eigenvalue weighted by Gasteiger charge is -2.26. The van der Waals surface area contributed by atoms with E-state index in [1.54, 1.807) is 20.1 Å². The number of nitrogens with one attached hydrogen (secondary N) is 1. The predicted molar refractivity (Wildman–Crippen MR) is 123 cm³/mol. The number of hydrogen-bond acceptors (Lipinski definition) is 5. The van der Waals surface area contributed by atoms with Crippen LogP contribution >= 0.6 is 23.8 Å². The summed E-state index contributed by atoms with van der Waals surface area (Å²) in [5, 5.41) is 3.82. The summed E-state index contributed by atoms with van der Waals surface area (Å²) in [4.78, 5) is 12.6. The van der Waals surface area contributed by atoms with Crippen LogP contribution in [0.15, 0.2) is 36.4 Å². The number of ether oxygens (including phenoxy) is 3. The summed E-state index contributed by atoms with van der Waals surface area (Å²) in [6, 6.07) is 11.4. The van der Waals surface area contributed by atoms with E-state index >= 15 is 0 Å². The zero-order chi connectivity index (χ0) is 21.8. The normalized spacial score (nSPS) is 18.4. The molecular weight excluding hydrogens is 422 g/mol. The van der Waals surface area contributed by atoms with E-state index < -0.39 is 12.2 Å². The highest BCUT2D eigenvalue weighted by Crippen LogP contribution is 2.42. The summed E-state index contributed by atoms with van der Waals surface area (Å²) in [6.07, 6.45) is -1.10.